The third-order valence-electron chi connectivity index (χ3n) is 3.17. The van der Waals surface area contributed by atoms with Crippen LogP contribution in [0.3, 0.4) is 0 Å². The van der Waals surface area contributed by atoms with E-state index in [1.54, 1.807) is 0 Å². The minimum atomic E-state index is -0.582. The Labute approximate surface area is 86.7 Å². The molecule has 1 saturated carbocycles. The Hall–Kier alpha value is -0.530. The fourth-order valence-electron chi connectivity index (χ4n) is 2.06. The van der Waals surface area contributed by atoms with Gasteiger partial charge in [0.25, 0.3) is 0 Å². The summed E-state index contributed by atoms with van der Waals surface area (Å²) < 4.78 is 0. The number of carboxylic acid groups (broad SMARTS) is 1. The van der Waals surface area contributed by atoms with Gasteiger partial charge in [0.15, 0.2) is 0 Å². The van der Waals surface area contributed by atoms with Crippen molar-refractivity contribution in [2.24, 2.45) is 11.8 Å². The summed E-state index contributed by atoms with van der Waals surface area (Å²) in [6.45, 7) is 2.22. The van der Waals surface area contributed by atoms with Gasteiger partial charge in [-0.3, -0.25) is 4.79 Å². The Kier molecular flexibility index (Phi) is 4.99. The Morgan fingerprint density at radius 2 is 1.86 bits per heavy atom. The third-order valence-corrected chi connectivity index (χ3v) is 3.17. The number of hydrogen-bond donors (Lipinski definition) is 1. The first-order valence-electron chi connectivity index (χ1n) is 5.98. The van der Waals surface area contributed by atoms with E-state index in [4.69, 9.17) is 5.11 Å². The summed E-state index contributed by atoms with van der Waals surface area (Å²) in [5, 5.41) is 8.70. The quantitative estimate of drug-likeness (QED) is 0.606. The summed E-state index contributed by atoms with van der Waals surface area (Å²) in [4.78, 5) is 10.5. The maximum Gasteiger partial charge on any atom is 0.306 e. The molecular weight excluding hydrogens is 176 g/mol. The molecule has 14 heavy (non-hydrogen) atoms. The van der Waals surface area contributed by atoms with Crippen LogP contribution < -0.4 is 0 Å². The van der Waals surface area contributed by atoms with E-state index in [-0.39, 0.29) is 5.92 Å². The number of unbranched alkanes of at least 4 members (excludes halogenated alkanes) is 5. The highest BCUT2D eigenvalue weighted by Crippen LogP contribution is 2.42. The van der Waals surface area contributed by atoms with Crippen molar-refractivity contribution < 1.29 is 9.90 Å². The van der Waals surface area contributed by atoms with Gasteiger partial charge in [-0.1, -0.05) is 45.4 Å². The molecule has 0 heterocycles. The average molecular weight is 198 g/mol. The first-order chi connectivity index (χ1) is 6.75. The van der Waals surface area contributed by atoms with Gasteiger partial charge in [0.2, 0.25) is 0 Å². The zero-order valence-electron chi connectivity index (χ0n) is 9.17. The fraction of sp³-hybridized carbons (Fsp3) is 0.917. The first-order valence-corrected chi connectivity index (χ1v) is 5.98. The Morgan fingerprint density at radius 1 is 1.21 bits per heavy atom. The summed E-state index contributed by atoms with van der Waals surface area (Å²) in [6.07, 6.45) is 9.93. The normalized spacial score (nSPS) is 24.9. The van der Waals surface area contributed by atoms with Gasteiger partial charge in [-0.15, -0.1) is 0 Å². The monoisotopic (exact) mass is 198 g/mol. The third kappa shape index (κ3) is 4.12. The SMILES string of the molecule is CCCCCCCCC1CC1C(=O)O. The van der Waals surface area contributed by atoms with E-state index in [1.165, 1.54) is 38.5 Å². The number of rotatable bonds is 8. The standard InChI is InChI=1S/C12H22O2/c1-2-3-4-5-6-7-8-10-9-11(10)12(13)14/h10-11H,2-9H2,1H3,(H,13,14). The highest BCUT2D eigenvalue weighted by molar-refractivity contribution is 5.73. The molecule has 1 aliphatic rings. The van der Waals surface area contributed by atoms with Crippen LogP contribution in [0.1, 0.15) is 58.3 Å². The average Bonchev–Trinajstić information content (AvgIpc) is 2.90. The molecule has 0 aromatic carbocycles. The molecule has 0 bridgehead atoms. The first kappa shape index (κ1) is 11.5. The molecule has 0 aromatic rings. The van der Waals surface area contributed by atoms with Crippen LogP contribution in [-0.2, 0) is 4.79 Å². The second-order valence-corrected chi connectivity index (χ2v) is 4.50. The van der Waals surface area contributed by atoms with Gasteiger partial charge in [-0.05, 0) is 18.8 Å². The molecule has 2 heteroatoms. The molecule has 2 atom stereocenters. The van der Waals surface area contributed by atoms with E-state index < -0.39 is 5.97 Å². The van der Waals surface area contributed by atoms with Crippen LogP contribution >= 0.6 is 0 Å². The molecule has 0 radical (unpaired) electrons. The summed E-state index contributed by atoms with van der Waals surface area (Å²) in [6, 6.07) is 0. The zero-order chi connectivity index (χ0) is 10.4. The molecular formula is C12H22O2. The summed E-state index contributed by atoms with van der Waals surface area (Å²) in [5.41, 5.74) is 0. The van der Waals surface area contributed by atoms with Gasteiger partial charge in [0, 0.05) is 0 Å². The van der Waals surface area contributed by atoms with Crippen molar-refractivity contribution >= 4 is 5.97 Å². The van der Waals surface area contributed by atoms with Crippen molar-refractivity contribution in [3.63, 3.8) is 0 Å². The molecule has 0 spiro atoms. The van der Waals surface area contributed by atoms with Crippen LogP contribution in [-0.4, -0.2) is 11.1 Å². The van der Waals surface area contributed by atoms with Crippen LogP contribution in [0.2, 0.25) is 0 Å². The molecule has 1 fully saturated rings. The maximum absolute atomic E-state index is 10.5. The predicted octanol–water partition coefficient (Wildman–Crippen LogP) is 3.46. The van der Waals surface area contributed by atoms with Crippen LogP contribution in [0.5, 0.6) is 0 Å². The van der Waals surface area contributed by atoms with Crippen LogP contribution in [0.25, 0.3) is 0 Å². The molecule has 0 aliphatic heterocycles. The largest absolute Gasteiger partial charge is 0.481 e. The maximum atomic E-state index is 10.5. The molecule has 82 valence electrons. The minimum Gasteiger partial charge on any atom is -0.481 e. The van der Waals surface area contributed by atoms with Crippen molar-refractivity contribution in [1.29, 1.82) is 0 Å². The Bertz CT molecular complexity index is 177. The van der Waals surface area contributed by atoms with Crippen molar-refractivity contribution in [3.05, 3.63) is 0 Å². The lowest BCUT2D eigenvalue weighted by molar-refractivity contribution is -0.138. The van der Waals surface area contributed by atoms with Crippen molar-refractivity contribution in [2.45, 2.75) is 58.3 Å². The molecule has 0 aromatic heterocycles. The molecule has 1 aliphatic carbocycles. The fourth-order valence-corrected chi connectivity index (χ4v) is 2.06. The van der Waals surface area contributed by atoms with Crippen molar-refractivity contribution in [3.8, 4) is 0 Å². The van der Waals surface area contributed by atoms with Gasteiger partial charge in [0.1, 0.15) is 0 Å². The topological polar surface area (TPSA) is 37.3 Å². The lowest BCUT2D eigenvalue weighted by Crippen LogP contribution is -1.99. The lowest BCUT2D eigenvalue weighted by Gasteiger charge is -1.99. The van der Waals surface area contributed by atoms with E-state index >= 15 is 0 Å². The number of carbonyl (C=O) groups is 1. The summed E-state index contributed by atoms with van der Waals surface area (Å²) >= 11 is 0. The summed E-state index contributed by atoms with van der Waals surface area (Å²) in [5.74, 6) is -0.0645. The van der Waals surface area contributed by atoms with Crippen LogP contribution in [0, 0.1) is 11.8 Å². The summed E-state index contributed by atoms with van der Waals surface area (Å²) in [7, 11) is 0. The molecule has 0 saturated heterocycles. The number of carboxylic acids is 1. The molecule has 2 nitrogen and oxygen atoms in total. The number of aliphatic carboxylic acids is 1. The van der Waals surface area contributed by atoms with E-state index in [2.05, 4.69) is 6.92 Å². The molecule has 0 amide bonds. The van der Waals surface area contributed by atoms with Gasteiger partial charge in [0.05, 0.1) is 5.92 Å². The van der Waals surface area contributed by atoms with Crippen molar-refractivity contribution in [1.82, 2.24) is 0 Å². The van der Waals surface area contributed by atoms with E-state index in [0.717, 1.165) is 12.8 Å². The van der Waals surface area contributed by atoms with Gasteiger partial charge < -0.3 is 5.11 Å². The van der Waals surface area contributed by atoms with E-state index in [0.29, 0.717) is 5.92 Å². The van der Waals surface area contributed by atoms with Gasteiger partial charge in [-0.25, -0.2) is 0 Å². The predicted molar refractivity (Wildman–Crippen MR) is 57.2 cm³/mol. The highest BCUT2D eigenvalue weighted by Gasteiger charge is 2.42. The van der Waals surface area contributed by atoms with Gasteiger partial charge >= 0.3 is 5.97 Å². The second-order valence-electron chi connectivity index (χ2n) is 4.50. The minimum absolute atomic E-state index is 0.00522. The zero-order valence-corrected chi connectivity index (χ0v) is 9.17. The molecule has 2 unspecified atom stereocenters. The Morgan fingerprint density at radius 3 is 2.43 bits per heavy atom. The van der Waals surface area contributed by atoms with Crippen LogP contribution in [0.15, 0.2) is 0 Å². The van der Waals surface area contributed by atoms with Crippen LogP contribution in [0.4, 0.5) is 0 Å². The second kappa shape index (κ2) is 6.05. The molecule has 1 N–H and O–H groups in total. The lowest BCUT2D eigenvalue weighted by atomic mass is 10.1. The highest BCUT2D eigenvalue weighted by atomic mass is 16.4. The van der Waals surface area contributed by atoms with Crippen molar-refractivity contribution in [2.75, 3.05) is 0 Å². The smallest absolute Gasteiger partial charge is 0.306 e. The van der Waals surface area contributed by atoms with E-state index in [9.17, 15) is 4.79 Å². The Balaban J connectivity index is 1.84. The van der Waals surface area contributed by atoms with E-state index in [1.807, 2.05) is 0 Å². The number of hydrogen-bond acceptors (Lipinski definition) is 1. The van der Waals surface area contributed by atoms with Gasteiger partial charge in [-0.2, -0.15) is 0 Å². The molecule has 1 rings (SSSR count).